The van der Waals surface area contributed by atoms with Crippen LogP contribution in [-0.2, 0) is 0 Å². The van der Waals surface area contributed by atoms with Crippen LogP contribution < -0.4 is 10.1 Å². The van der Waals surface area contributed by atoms with Gasteiger partial charge in [-0.3, -0.25) is 4.79 Å². The fourth-order valence-electron chi connectivity index (χ4n) is 2.70. The second kappa shape index (κ2) is 7.40. The molecule has 0 aliphatic carbocycles. The van der Waals surface area contributed by atoms with Crippen LogP contribution in [0.3, 0.4) is 0 Å². The Balaban J connectivity index is 1.58. The number of aromatic nitrogens is 1. The number of halogens is 1. The summed E-state index contributed by atoms with van der Waals surface area (Å²) >= 11 is 2.25. The second-order valence-electron chi connectivity index (χ2n) is 5.89. The van der Waals surface area contributed by atoms with Gasteiger partial charge in [0.1, 0.15) is 11.3 Å². The maximum Gasteiger partial charge on any atom is 0.255 e. The van der Waals surface area contributed by atoms with E-state index in [0.717, 1.165) is 9.13 Å². The van der Waals surface area contributed by atoms with Gasteiger partial charge in [-0.25, -0.2) is 4.98 Å². The Bertz CT molecular complexity index is 1120. The van der Waals surface area contributed by atoms with E-state index in [1.165, 1.54) is 0 Å². The van der Waals surface area contributed by atoms with Crippen molar-refractivity contribution in [3.63, 3.8) is 0 Å². The fraction of sp³-hybridized carbons (Fsp3) is 0.0476. The number of oxazole rings is 1. The normalized spacial score (nSPS) is 10.7. The molecule has 0 radical (unpaired) electrons. The lowest BCUT2D eigenvalue weighted by Gasteiger charge is -2.06. The van der Waals surface area contributed by atoms with Crippen LogP contribution in [0.25, 0.3) is 22.6 Å². The molecule has 1 aromatic heterocycles. The molecule has 0 saturated carbocycles. The van der Waals surface area contributed by atoms with E-state index in [1.807, 2.05) is 30.3 Å². The molecule has 27 heavy (non-hydrogen) atoms. The van der Waals surface area contributed by atoms with Gasteiger partial charge in [-0.2, -0.15) is 0 Å². The Morgan fingerprint density at radius 3 is 2.63 bits per heavy atom. The molecule has 134 valence electrons. The van der Waals surface area contributed by atoms with Crippen LogP contribution in [-0.4, -0.2) is 18.0 Å². The number of hydrogen-bond donors (Lipinski definition) is 1. The van der Waals surface area contributed by atoms with Crippen molar-refractivity contribution in [2.24, 2.45) is 0 Å². The molecule has 0 atom stereocenters. The van der Waals surface area contributed by atoms with Crippen molar-refractivity contribution < 1.29 is 13.9 Å². The molecule has 4 rings (SSSR count). The van der Waals surface area contributed by atoms with Crippen molar-refractivity contribution in [2.45, 2.75) is 0 Å². The largest absolute Gasteiger partial charge is 0.497 e. The SMILES string of the molecule is COc1ccc(C(=O)Nc2ccc3oc(-c4cccc(I)c4)nc3c2)cc1. The van der Waals surface area contributed by atoms with Crippen molar-refractivity contribution in [2.75, 3.05) is 12.4 Å². The third-order valence-corrected chi connectivity index (χ3v) is 4.74. The molecule has 1 heterocycles. The van der Waals surface area contributed by atoms with Crippen LogP contribution >= 0.6 is 22.6 Å². The highest BCUT2D eigenvalue weighted by Crippen LogP contribution is 2.27. The van der Waals surface area contributed by atoms with Crippen LogP contribution in [0.2, 0.25) is 0 Å². The van der Waals surface area contributed by atoms with Crippen molar-refractivity contribution in [3.05, 3.63) is 75.9 Å². The zero-order chi connectivity index (χ0) is 18.8. The first kappa shape index (κ1) is 17.5. The Kier molecular flexibility index (Phi) is 4.81. The molecule has 0 bridgehead atoms. The number of nitrogens with one attached hydrogen (secondary N) is 1. The van der Waals surface area contributed by atoms with E-state index in [1.54, 1.807) is 43.5 Å². The van der Waals surface area contributed by atoms with E-state index in [9.17, 15) is 4.79 Å². The summed E-state index contributed by atoms with van der Waals surface area (Å²) in [6, 6.07) is 20.3. The number of hydrogen-bond acceptors (Lipinski definition) is 4. The molecule has 0 spiro atoms. The average Bonchev–Trinajstić information content (AvgIpc) is 3.11. The van der Waals surface area contributed by atoms with Crippen LogP contribution in [0.4, 0.5) is 5.69 Å². The molecular formula is C21H15IN2O3. The Morgan fingerprint density at radius 2 is 1.89 bits per heavy atom. The average molecular weight is 470 g/mol. The highest BCUT2D eigenvalue weighted by Gasteiger charge is 2.11. The van der Waals surface area contributed by atoms with E-state index in [-0.39, 0.29) is 5.91 Å². The number of amides is 1. The lowest BCUT2D eigenvalue weighted by molar-refractivity contribution is 0.102. The molecule has 4 aromatic rings. The number of carbonyl (C=O) groups excluding carboxylic acids is 1. The van der Waals surface area contributed by atoms with E-state index in [0.29, 0.717) is 34.0 Å². The summed E-state index contributed by atoms with van der Waals surface area (Å²) in [7, 11) is 1.59. The standard InChI is InChI=1S/C21H15IN2O3/c1-26-17-8-5-13(6-9-17)20(25)23-16-7-10-19-18(12-16)24-21(27-19)14-3-2-4-15(22)11-14/h2-12H,1H3,(H,23,25). The summed E-state index contributed by atoms with van der Waals surface area (Å²) < 4.78 is 12.1. The minimum absolute atomic E-state index is 0.196. The Hall–Kier alpha value is -2.87. The van der Waals surface area contributed by atoms with Gasteiger partial charge in [-0.15, -0.1) is 0 Å². The van der Waals surface area contributed by atoms with Crippen LogP contribution in [0.15, 0.2) is 71.1 Å². The highest BCUT2D eigenvalue weighted by molar-refractivity contribution is 14.1. The smallest absolute Gasteiger partial charge is 0.255 e. The molecular weight excluding hydrogens is 455 g/mol. The summed E-state index contributed by atoms with van der Waals surface area (Å²) in [5.74, 6) is 1.07. The minimum Gasteiger partial charge on any atom is -0.497 e. The zero-order valence-corrected chi connectivity index (χ0v) is 16.6. The number of ether oxygens (including phenoxy) is 1. The first-order valence-corrected chi connectivity index (χ1v) is 9.32. The topological polar surface area (TPSA) is 64.4 Å². The number of rotatable bonds is 4. The summed E-state index contributed by atoms with van der Waals surface area (Å²) in [6.45, 7) is 0. The third-order valence-electron chi connectivity index (χ3n) is 4.07. The summed E-state index contributed by atoms with van der Waals surface area (Å²) in [4.78, 5) is 17.0. The van der Waals surface area contributed by atoms with E-state index >= 15 is 0 Å². The van der Waals surface area contributed by atoms with Crippen LogP contribution in [0, 0.1) is 3.57 Å². The van der Waals surface area contributed by atoms with Gasteiger partial charge in [0.25, 0.3) is 5.91 Å². The van der Waals surface area contributed by atoms with Gasteiger partial charge in [0.2, 0.25) is 5.89 Å². The molecule has 0 aliphatic rings. The monoisotopic (exact) mass is 470 g/mol. The Labute approximate surface area is 169 Å². The summed E-state index contributed by atoms with van der Waals surface area (Å²) in [5.41, 5.74) is 3.49. The van der Waals surface area contributed by atoms with Crippen molar-refractivity contribution in [1.29, 1.82) is 0 Å². The summed E-state index contributed by atoms with van der Waals surface area (Å²) in [6.07, 6.45) is 0. The zero-order valence-electron chi connectivity index (χ0n) is 14.4. The molecule has 1 N–H and O–H groups in total. The minimum atomic E-state index is -0.196. The first-order valence-electron chi connectivity index (χ1n) is 8.24. The van der Waals surface area contributed by atoms with Crippen LogP contribution in [0.5, 0.6) is 5.75 Å². The first-order chi connectivity index (χ1) is 13.1. The second-order valence-corrected chi connectivity index (χ2v) is 7.14. The van der Waals surface area contributed by atoms with Crippen molar-refractivity contribution >= 4 is 45.3 Å². The number of nitrogens with zero attached hydrogens (tertiary/aromatic N) is 1. The molecule has 0 fully saturated rings. The predicted octanol–water partition coefficient (Wildman–Crippen LogP) is 5.36. The molecule has 5 nitrogen and oxygen atoms in total. The van der Waals surface area contributed by atoms with Gasteiger partial charge in [-0.05, 0) is 83.3 Å². The van der Waals surface area contributed by atoms with Gasteiger partial charge in [0, 0.05) is 20.4 Å². The van der Waals surface area contributed by atoms with E-state index in [4.69, 9.17) is 9.15 Å². The van der Waals surface area contributed by atoms with Crippen molar-refractivity contribution in [1.82, 2.24) is 4.98 Å². The van der Waals surface area contributed by atoms with Crippen LogP contribution in [0.1, 0.15) is 10.4 Å². The van der Waals surface area contributed by atoms with Crippen molar-refractivity contribution in [3.8, 4) is 17.2 Å². The molecule has 0 aliphatic heterocycles. The number of fused-ring (bicyclic) bond motifs is 1. The van der Waals surface area contributed by atoms with Gasteiger partial charge in [0.15, 0.2) is 5.58 Å². The lowest BCUT2D eigenvalue weighted by atomic mass is 10.2. The summed E-state index contributed by atoms with van der Waals surface area (Å²) in [5, 5.41) is 2.88. The van der Waals surface area contributed by atoms with E-state index in [2.05, 4.69) is 32.9 Å². The quantitative estimate of drug-likeness (QED) is 0.408. The highest BCUT2D eigenvalue weighted by atomic mass is 127. The third kappa shape index (κ3) is 3.80. The molecule has 0 saturated heterocycles. The molecule has 0 unspecified atom stereocenters. The maximum atomic E-state index is 12.4. The lowest BCUT2D eigenvalue weighted by Crippen LogP contribution is -2.11. The Morgan fingerprint density at radius 1 is 1.07 bits per heavy atom. The molecule has 1 amide bonds. The predicted molar refractivity (Wildman–Crippen MR) is 113 cm³/mol. The van der Waals surface area contributed by atoms with Gasteiger partial charge in [-0.1, -0.05) is 6.07 Å². The molecule has 6 heteroatoms. The van der Waals surface area contributed by atoms with Gasteiger partial charge < -0.3 is 14.5 Å². The number of carbonyl (C=O) groups is 1. The van der Waals surface area contributed by atoms with Gasteiger partial charge >= 0.3 is 0 Å². The van der Waals surface area contributed by atoms with Gasteiger partial charge in [0.05, 0.1) is 7.11 Å². The maximum absolute atomic E-state index is 12.4. The number of methoxy groups -OCH3 is 1. The number of benzene rings is 3. The van der Waals surface area contributed by atoms with E-state index < -0.39 is 0 Å². The fourth-order valence-corrected chi connectivity index (χ4v) is 3.24. The number of anilines is 1. The molecule has 3 aromatic carbocycles.